The average Bonchev–Trinajstić information content (AvgIpc) is 2.73. The van der Waals surface area contributed by atoms with Crippen LogP contribution in [0.4, 0.5) is 0 Å². The molecule has 3 aromatic rings. The van der Waals surface area contributed by atoms with Gasteiger partial charge in [-0.2, -0.15) is 0 Å². The van der Waals surface area contributed by atoms with Crippen molar-refractivity contribution in [3.8, 4) is 0 Å². The van der Waals surface area contributed by atoms with Gasteiger partial charge in [0.1, 0.15) is 0 Å². The minimum absolute atomic E-state index is 0.0453. The van der Waals surface area contributed by atoms with E-state index >= 15 is 0 Å². The maximum atomic E-state index is 13.0. The highest BCUT2D eigenvalue weighted by atomic mass is 32.2. The van der Waals surface area contributed by atoms with Gasteiger partial charge in [0, 0.05) is 25.3 Å². The molecule has 3 rings (SSSR count). The Morgan fingerprint density at radius 1 is 1.10 bits per heavy atom. The zero-order chi connectivity index (χ0) is 21.7. The molecule has 0 spiro atoms. The third-order valence-electron chi connectivity index (χ3n) is 5.17. The molecule has 0 saturated carbocycles. The molecule has 0 radical (unpaired) electrons. The van der Waals surface area contributed by atoms with Gasteiger partial charge in [-0.1, -0.05) is 30.0 Å². The zero-order valence-electron chi connectivity index (χ0n) is 18.0. The first kappa shape index (κ1) is 22.2. The van der Waals surface area contributed by atoms with E-state index < -0.39 is 0 Å². The molecule has 0 atom stereocenters. The Balaban J connectivity index is 1.87. The van der Waals surface area contributed by atoms with Crippen LogP contribution < -0.4 is 5.56 Å². The molecule has 0 unspecified atom stereocenters. The molecule has 158 valence electrons. The van der Waals surface area contributed by atoms with Crippen molar-refractivity contribution in [3.63, 3.8) is 0 Å². The number of hydrogen-bond acceptors (Lipinski definition) is 5. The van der Waals surface area contributed by atoms with Gasteiger partial charge in [-0.25, -0.2) is 4.98 Å². The van der Waals surface area contributed by atoms with Crippen LogP contribution in [0.15, 0.2) is 46.3 Å². The molecule has 5 nitrogen and oxygen atoms in total. The minimum atomic E-state index is -0.0746. The largest absolute Gasteiger partial charge is 0.382 e. The van der Waals surface area contributed by atoms with Crippen LogP contribution in [-0.2, 0) is 11.3 Å². The molecule has 30 heavy (non-hydrogen) atoms. The van der Waals surface area contributed by atoms with E-state index in [1.54, 1.807) is 10.6 Å². The number of para-hydroxylation sites is 1. The van der Waals surface area contributed by atoms with E-state index in [9.17, 15) is 9.59 Å². The normalized spacial score (nSPS) is 11.2. The summed E-state index contributed by atoms with van der Waals surface area (Å²) in [5.74, 6) is 0.281. The number of rotatable bonds is 9. The highest BCUT2D eigenvalue weighted by Crippen LogP contribution is 2.22. The maximum absolute atomic E-state index is 13.0. The maximum Gasteiger partial charge on any atom is 0.262 e. The number of aryl methyl sites for hydroxylation is 3. The van der Waals surface area contributed by atoms with Crippen molar-refractivity contribution < 1.29 is 9.53 Å². The molecule has 0 aliphatic carbocycles. The molecule has 0 bridgehead atoms. The summed E-state index contributed by atoms with van der Waals surface area (Å²) in [6.07, 6.45) is 0.714. The number of ketones is 1. The van der Waals surface area contributed by atoms with Gasteiger partial charge in [0.25, 0.3) is 5.56 Å². The fourth-order valence-corrected chi connectivity index (χ4v) is 4.30. The Hall–Kier alpha value is -2.44. The highest BCUT2D eigenvalue weighted by molar-refractivity contribution is 7.99. The second kappa shape index (κ2) is 10.0. The predicted molar refractivity (Wildman–Crippen MR) is 123 cm³/mol. The monoisotopic (exact) mass is 424 g/mol. The molecule has 0 aliphatic heterocycles. The summed E-state index contributed by atoms with van der Waals surface area (Å²) in [4.78, 5) is 30.6. The first-order chi connectivity index (χ1) is 14.4. The predicted octanol–water partition coefficient (Wildman–Crippen LogP) is 4.72. The Bertz CT molecular complexity index is 1120. The Labute approximate surface area is 181 Å². The number of benzene rings is 2. The standard InChI is InChI=1S/C24H28N2O3S/c1-5-29-12-8-11-26-23(28)19-9-6-7-10-21(19)25-24(26)30-15-22(27)20-14-17(3)16(2)13-18(20)4/h6-7,9-10,13-14H,5,8,11-12,15H2,1-4H3. The van der Waals surface area contributed by atoms with Crippen molar-refractivity contribution >= 4 is 28.4 Å². The molecule has 1 aromatic heterocycles. The van der Waals surface area contributed by atoms with Gasteiger partial charge >= 0.3 is 0 Å². The number of hydrogen-bond donors (Lipinski definition) is 0. The highest BCUT2D eigenvalue weighted by Gasteiger charge is 2.16. The lowest BCUT2D eigenvalue weighted by Gasteiger charge is -2.13. The molecule has 2 aromatic carbocycles. The fourth-order valence-electron chi connectivity index (χ4n) is 3.39. The topological polar surface area (TPSA) is 61.2 Å². The van der Waals surface area contributed by atoms with Crippen LogP contribution >= 0.6 is 11.8 Å². The summed E-state index contributed by atoms with van der Waals surface area (Å²) in [6.45, 7) is 9.71. The van der Waals surface area contributed by atoms with Crippen LogP contribution in [0.2, 0.25) is 0 Å². The summed E-state index contributed by atoms with van der Waals surface area (Å²) >= 11 is 1.32. The number of carbonyl (C=O) groups is 1. The van der Waals surface area contributed by atoms with Crippen molar-refractivity contribution in [2.75, 3.05) is 19.0 Å². The number of nitrogens with zero attached hydrogens (tertiary/aromatic N) is 2. The first-order valence-corrected chi connectivity index (χ1v) is 11.2. The minimum Gasteiger partial charge on any atom is -0.382 e. The zero-order valence-corrected chi connectivity index (χ0v) is 18.8. The van der Waals surface area contributed by atoms with Gasteiger partial charge in [0.05, 0.1) is 16.7 Å². The third kappa shape index (κ3) is 4.99. The number of carbonyl (C=O) groups excluding carboxylic acids is 1. The molecule has 0 amide bonds. The quantitative estimate of drug-likeness (QED) is 0.215. The van der Waals surface area contributed by atoms with E-state index in [0.717, 1.165) is 16.7 Å². The van der Waals surface area contributed by atoms with Gasteiger partial charge in [-0.05, 0) is 69.0 Å². The Morgan fingerprint density at radius 3 is 2.60 bits per heavy atom. The second-order valence-electron chi connectivity index (χ2n) is 7.38. The van der Waals surface area contributed by atoms with E-state index in [0.29, 0.717) is 42.2 Å². The number of fused-ring (bicyclic) bond motifs is 1. The number of aromatic nitrogens is 2. The SMILES string of the molecule is CCOCCCn1c(SCC(=O)c2cc(C)c(C)cc2C)nc2ccccc2c1=O. The molecule has 0 fully saturated rings. The molecule has 0 aliphatic rings. The lowest BCUT2D eigenvalue weighted by Crippen LogP contribution is -2.24. The van der Waals surface area contributed by atoms with Crippen molar-refractivity contribution in [1.82, 2.24) is 9.55 Å². The fraction of sp³-hybridized carbons (Fsp3) is 0.375. The first-order valence-electron chi connectivity index (χ1n) is 10.2. The van der Waals surface area contributed by atoms with Crippen molar-refractivity contribution in [3.05, 3.63) is 69.0 Å². The van der Waals surface area contributed by atoms with Crippen LogP contribution in [0.25, 0.3) is 10.9 Å². The Morgan fingerprint density at radius 2 is 1.83 bits per heavy atom. The molecule has 1 heterocycles. The lowest BCUT2D eigenvalue weighted by atomic mass is 9.99. The second-order valence-corrected chi connectivity index (χ2v) is 8.32. The summed E-state index contributed by atoms with van der Waals surface area (Å²) in [7, 11) is 0. The number of Topliss-reactive ketones (excluding diaryl/α,β-unsaturated/α-hetero) is 1. The molecule has 0 N–H and O–H groups in total. The summed E-state index contributed by atoms with van der Waals surface area (Å²) in [5.41, 5.74) is 4.57. The number of ether oxygens (including phenoxy) is 1. The van der Waals surface area contributed by atoms with Crippen LogP contribution in [0, 0.1) is 20.8 Å². The van der Waals surface area contributed by atoms with E-state index in [4.69, 9.17) is 4.74 Å². The molecular formula is C24H28N2O3S. The van der Waals surface area contributed by atoms with Gasteiger partial charge in [-0.3, -0.25) is 14.2 Å². The van der Waals surface area contributed by atoms with Crippen molar-refractivity contribution in [1.29, 1.82) is 0 Å². The molecule has 0 saturated heterocycles. The smallest absolute Gasteiger partial charge is 0.262 e. The van der Waals surface area contributed by atoms with Gasteiger partial charge < -0.3 is 4.74 Å². The summed E-state index contributed by atoms with van der Waals surface area (Å²) in [6, 6.07) is 11.3. The van der Waals surface area contributed by atoms with Crippen molar-refractivity contribution in [2.45, 2.75) is 45.8 Å². The van der Waals surface area contributed by atoms with E-state index in [1.807, 2.05) is 58.0 Å². The number of thioether (sulfide) groups is 1. The average molecular weight is 425 g/mol. The van der Waals surface area contributed by atoms with Crippen LogP contribution in [0.5, 0.6) is 0 Å². The third-order valence-corrected chi connectivity index (χ3v) is 6.15. The van der Waals surface area contributed by atoms with Gasteiger partial charge in [0.15, 0.2) is 10.9 Å². The molecular weight excluding hydrogens is 396 g/mol. The van der Waals surface area contributed by atoms with Crippen molar-refractivity contribution in [2.24, 2.45) is 0 Å². The van der Waals surface area contributed by atoms with E-state index in [-0.39, 0.29) is 17.1 Å². The van der Waals surface area contributed by atoms with Gasteiger partial charge in [-0.15, -0.1) is 0 Å². The summed E-state index contributed by atoms with van der Waals surface area (Å²) in [5, 5.41) is 1.17. The van der Waals surface area contributed by atoms with Crippen LogP contribution in [0.1, 0.15) is 40.4 Å². The Kier molecular flexibility index (Phi) is 7.45. The van der Waals surface area contributed by atoms with E-state index in [1.165, 1.54) is 17.3 Å². The van der Waals surface area contributed by atoms with E-state index in [2.05, 4.69) is 4.98 Å². The lowest BCUT2D eigenvalue weighted by molar-refractivity contribution is 0.102. The van der Waals surface area contributed by atoms with Crippen LogP contribution in [-0.4, -0.2) is 34.3 Å². The summed E-state index contributed by atoms with van der Waals surface area (Å²) < 4.78 is 7.09. The van der Waals surface area contributed by atoms with Crippen LogP contribution in [0.3, 0.4) is 0 Å². The van der Waals surface area contributed by atoms with Gasteiger partial charge in [0.2, 0.25) is 0 Å². The molecule has 6 heteroatoms.